The molecule has 3 N–H and O–H groups in total. The summed E-state index contributed by atoms with van der Waals surface area (Å²) in [6.07, 6.45) is 3.09. The SMILES string of the molecule is O=C(NCc1ccccc1NC(=O)c1cccnc1)c1cccc(O)c1. The predicted molar refractivity (Wildman–Crippen MR) is 97.9 cm³/mol. The molecule has 0 radical (unpaired) electrons. The quantitative estimate of drug-likeness (QED) is 0.662. The second kappa shape index (κ2) is 7.94. The molecule has 3 aromatic rings. The zero-order chi connectivity index (χ0) is 18.4. The van der Waals surface area contributed by atoms with Gasteiger partial charge in [-0.05, 0) is 42.0 Å². The highest BCUT2D eigenvalue weighted by Crippen LogP contribution is 2.17. The van der Waals surface area contributed by atoms with Crippen molar-refractivity contribution in [3.8, 4) is 5.75 Å². The number of para-hydroxylation sites is 1. The first-order valence-corrected chi connectivity index (χ1v) is 8.00. The molecular weight excluding hydrogens is 330 g/mol. The van der Waals surface area contributed by atoms with Crippen LogP contribution in [0.15, 0.2) is 73.1 Å². The monoisotopic (exact) mass is 347 g/mol. The van der Waals surface area contributed by atoms with Gasteiger partial charge in [0.15, 0.2) is 0 Å². The van der Waals surface area contributed by atoms with E-state index in [2.05, 4.69) is 15.6 Å². The van der Waals surface area contributed by atoms with Crippen LogP contribution in [-0.2, 0) is 6.54 Å². The van der Waals surface area contributed by atoms with Crippen molar-refractivity contribution < 1.29 is 14.7 Å². The van der Waals surface area contributed by atoms with Crippen LogP contribution in [0.3, 0.4) is 0 Å². The molecule has 0 aliphatic rings. The van der Waals surface area contributed by atoms with E-state index in [9.17, 15) is 14.7 Å². The van der Waals surface area contributed by atoms with E-state index in [1.807, 2.05) is 12.1 Å². The van der Waals surface area contributed by atoms with Gasteiger partial charge in [0, 0.05) is 30.2 Å². The average Bonchev–Trinajstić information content (AvgIpc) is 2.67. The van der Waals surface area contributed by atoms with Crippen molar-refractivity contribution in [1.29, 1.82) is 0 Å². The van der Waals surface area contributed by atoms with Crippen molar-refractivity contribution in [3.63, 3.8) is 0 Å². The minimum absolute atomic E-state index is 0.0294. The Hall–Kier alpha value is -3.67. The first-order chi connectivity index (χ1) is 12.6. The van der Waals surface area contributed by atoms with E-state index in [0.29, 0.717) is 16.8 Å². The zero-order valence-electron chi connectivity index (χ0n) is 13.8. The number of pyridine rings is 1. The number of carbonyl (C=O) groups is 2. The second-order valence-electron chi connectivity index (χ2n) is 5.59. The Balaban J connectivity index is 1.69. The molecule has 0 bridgehead atoms. The Bertz CT molecular complexity index is 926. The fraction of sp³-hybridized carbons (Fsp3) is 0.0500. The first kappa shape index (κ1) is 17.2. The van der Waals surface area contributed by atoms with Gasteiger partial charge in [0.1, 0.15) is 5.75 Å². The van der Waals surface area contributed by atoms with E-state index in [1.54, 1.807) is 42.6 Å². The lowest BCUT2D eigenvalue weighted by Crippen LogP contribution is -2.23. The maximum absolute atomic E-state index is 12.3. The largest absolute Gasteiger partial charge is 0.508 e. The van der Waals surface area contributed by atoms with Crippen molar-refractivity contribution in [3.05, 3.63) is 89.7 Å². The number of nitrogens with one attached hydrogen (secondary N) is 2. The molecule has 1 heterocycles. The van der Waals surface area contributed by atoms with Gasteiger partial charge in [0.05, 0.1) is 5.56 Å². The number of hydrogen-bond acceptors (Lipinski definition) is 4. The number of anilines is 1. The van der Waals surface area contributed by atoms with Crippen molar-refractivity contribution in [2.75, 3.05) is 5.32 Å². The molecule has 0 saturated heterocycles. The fourth-order valence-electron chi connectivity index (χ4n) is 2.41. The molecule has 0 fully saturated rings. The van der Waals surface area contributed by atoms with E-state index >= 15 is 0 Å². The molecule has 0 unspecified atom stereocenters. The van der Waals surface area contributed by atoms with Crippen LogP contribution < -0.4 is 10.6 Å². The van der Waals surface area contributed by atoms with Gasteiger partial charge in [-0.3, -0.25) is 14.6 Å². The molecule has 26 heavy (non-hydrogen) atoms. The lowest BCUT2D eigenvalue weighted by atomic mass is 10.1. The maximum Gasteiger partial charge on any atom is 0.257 e. The molecule has 0 aliphatic carbocycles. The van der Waals surface area contributed by atoms with Gasteiger partial charge in [0.2, 0.25) is 0 Å². The molecule has 0 saturated carbocycles. The summed E-state index contributed by atoms with van der Waals surface area (Å²) in [6, 6.07) is 16.7. The lowest BCUT2D eigenvalue weighted by Gasteiger charge is -2.12. The Morgan fingerprint density at radius 2 is 1.73 bits per heavy atom. The van der Waals surface area contributed by atoms with Crippen molar-refractivity contribution in [1.82, 2.24) is 10.3 Å². The number of amides is 2. The van der Waals surface area contributed by atoms with E-state index in [0.717, 1.165) is 5.56 Å². The summed E-state index contributed by atoms with van der Waals surface area (Å²) in [5.41, 5.74) is 2.18. The van der Waals surface area contributed by atoms with Gasteiger partial charge in [-0.2, -0.15) is 0 Å². The molecule has 130 valence electrons. The number of nitrogens with zero attached hydrogens (tertiary/aromatic N) is 1. The van der Waals surface area contributed by atoms with Crippen LogP contribution in [0.2, 0.25) is 0 Å². The molecule has 0 atom stereocenters. The molecular formula is C20H17N3O3. The summed E-state index contributed by atoms with van der Waals surface area (Å²) in [5, 5.41) is 15.1. The number of rotatable bonds is 5. The van der Waals surface area contributed by atoms with E-state index < -0.39 is 0 Å². The zero-order valence-corrected chi connectivity index (χ0v) is 13.8. The summed E-state index contributed by atoms with van der Waals surface area (Å²) in [7, 11) is 0. The minimum Gasteiger partial charge on any atom is -0.508 e. The van der Waals surface area contributed by atoms with Gasteiger partial charge >= 0.3 is 0 Å². The number of aromatic hydroxyl groups is 1. The summed E-state index contributed by atoms with van der Waals surface area (Å²) in [4.78, 5) is 28.4. The smallest absolute Gasteiger partial charge is 0.257 e. The van der Waals surface area contributed by atoms with Crippen LogP contribution in [0.4, 0.5) is 5.69 Å². The molecule has 2 amide bonds. The normalized spacial score (nSPS) is 10.2. The predicted octanol–water partition coefficient (Wildman–Crippen LogP) is 2.97. The van der Waals surface area contributed by atoms with Crippen LogP contribution in [0.1, 0.15) is 26.3 Å². The summed E-state index contributed by atoms with van der Waals surface area (Å²) >= 11 is 0. The third kappa shape index (κ3) is 4.24. The summed E-state index contributed by atoms with van der Waals surface area (Å²) in [5.74, 6) is -0.555. The minimum atomic E-state index is -0.311. The van der Waals surface area contributed by atoms with E-state index in [-0.39, 0.29) is 24.1 Å². The second-order valence-corrected chi connectivity index (χ2v) is 5.59. The third-order valence-corrected chi connectivity index (χ3v) is 3.74. The standard InChI is InChI=1S/C20H17N3O3/c24-17-8-3-6-14(11-17)19(25)22-13-15-5-1-2-9-18(15)23-20(26)16-7-4-10-21-12-16/h1-12,24H,13H2,(H,22,25)(H,23,26). The van der Waals surface area contributed by atoms with Gasteiger partial charge in [-0.1, -0.05) is 24.3 Å². The van der Waals surface area contributed by atoms with Crippen molar-refractivity contribution in [2.24, 2.45) is 0 Å². The molecule has 6 nitrogen and oxygen atoms in total. The highest BCUT2D eigenvalue weighted by Gasteiger charge is 2.11. The summed E-state index contributed by atoms with van der Waals surface area (Å²) in [6.45, 7) is 0.234. The average molecular weight is 347 g/mol. The Kier molecular flexibility index (Phi) is 5.24. The van der Waals surface area contributed by atoms with Gasteiger partial charge in [-0.15, -0.1) is 0 Å². The van der Waals surface area contributed by atoms with Crippen LogP contribution in [-0.4, -0.2) is 21.9 Å². The number of hydrogen-bond donors (Lipinski definition) is 3. The Labute approximate surface area is 150 Å². The van der Waals surface area contributed by atoms with Gasteiger partial charge in [-0.25, -0.2) is 0 Å². The van der Waals surface area contributed by atoms with Gasteiger partial charge in [0.25, 0.3) is 11.8 Å². The number of aromatic nitrogens is 1. The van der Waals surface area contributed by atoms with Crippen molar-refractivity contribution >= 4 is 17.5 Å². The number of carbonyl (C=O) groups excluding carboxylic acids is 2. The van der Waals surface area contributed by atoms with E-state index in [4.69, 9.17) is 0 Å². The molecule has 0 spiro atoms. The Morgan fingerprint density at radius 1 is 0.923 bits per heavy atom. The molecule has 0 aliphatic heterocycles. The maximum atomic E-state index is 12.3. The van der Waals surface area contributed by atoms with Crippen molar-refractivity contribution in [2.45, 2.75) is 6.54 Å². The van der Waals surface area contributed by atoms with E-state index in [1.165, 1.54) is 18.3 Å². The molecule has 1 aromatic heterocycles. The number of phenols is 1. The first-order valence-electron chi connectivity index (χ1n) is 8.00. The van der Waals surface area contributed by atoms with Crippen LogP contribution in [0, 0.1) is 0 Å². The summed E-state index contributed by atoms with van der Waals surface area (Å²) < 4.78 is 0. The Morgan fingerprint density at radius 3 is 2.50 bits per heavy atom. The third-order valence-electron chi connectivity index (χ3n) is 3.74. The van der Waals surface area contributed by atoms with Crippen LogP contribution >= 0.6 is 0 Å². The highest BCUT2D eigenvalue weighted by molar-refractivity contribution is 6.04. The molecule has 2 aromatic carbocycles. The molecule has 6 heteroatoms. The number of benzene rings is 2. The fourth-order valence-corrected chi connectivity index (χ4v) is 2.41. The lowest BCUT2D eigenvalue weighted by molar-refractivity contribution is 0.0950. The number of phenolic OH excluding ortho intramolecular Hbond substituents is 1. The van der Waals surface area contributed by atoms with Crippen LogP contribution in [0.5, 0.6) is 5.75 Å². The topological polar surface area (TPSA) is 91.3 Å². The molecule has 3 rings (SSSR count). The van der Waals surface area contributed by atoms with Gasteiger partial charge < -0.3 is 15.7 Å². The van der Waals surface area contributed by atoms with Crippen LogP contribution in [0.25, 0.3) is 0 Å². The highest BCUT2D eigenvalue weighted by atomic mass is 16.3.